The number of rotatable bonds is 5. The van der Waals surface area contributed by atoms with E-state index in [0.717, 1.165) is 25.0 Å². The maximum Gasteiger partial charge on any atom is 0.419 e. The molecule has 1 aliphatic carbocycles. The number of hydrogen-bond acceptors (Lipinski definition) is 2. The minimum Gasteiger partial charge on any atom is -0.329 e. The lowest BCUT2D eigenvalue weighted by Crippen LogP contribution is -2.39. The lowest BCUT2D eigenvalue weighted by atomic mass is 10.1. The number of hydrogen-bond donors (Lipinski definition) is 1. The molecule has 1 aromatic rings. The van der Waals surface area contributed by atoms with Gasteiger partial charge in [0.1, 0.15) is 5.82 Å². The van der Waals surface area contributed by atoms with E-state index in [1.165, 1.54) is 6.07 Å². The highest BCUT2D eigenvalue weighted by Crippen LogP contribution is 2.35. The Morgan fingerprint density at radius 1 is 1.35 bits per heavy atom. The van der Waals surface area contributed by atoms with Gasteiger partial charge in [-0.05, 0) is 43.5 Å². The number of likely N-dealkylation sites (N-methyl/N-ethyl adjacent to an activating group) is 1. The second kappa shape index (κ2) is 5.69. The van der Waals surface area contributed by atoms with Crippen molar-refractivity contribution in [2.75, 3.05) is 13.6 Å². The zero-order valence-corrected chi connectivity index (χ0v) is 11.3. The Morgan fingerprint density at radius 3 is 2.50 bits per heavy atom. The first-order chi connectivity index (χ1) is 9.32. The average Bonchev–Trinajstić information content (AvgIpc) is 3.15. The SMILES string of the molecule is CN(Cc1ccc(F)c(C(F)(F)F)c1)C(CN)C1CC1. The smallest absolute Gasteiger partial charge is 0.329 e. The minimum atomic E-state index is -4.66. The molecule has 1 aliphatic rings. The van der Waals surface area contributed by atoms with Gasteiger partial charge in [0, 0.05) is 19.1 Å². The Morgan fingerprint density at radius 2 is 2.00 bits per heavy atom. The zero-order chi connectivity index (χ0) is 14.9. The Hall–Kier alpha value is -1.14. The van der Waals surface area contributed by atoms with Crippen LogP contribution in [0.15, 0.2) is 18.2 Å². The molecule has 1 unspecified atom stereocenters. The first kappa shape index (κ1) is 15.3. The fourth-order valence-electron chi connectivity index (χ4n) is 2.51. The highest BCUT2D eigenvalue weighted by molar-refractivity contribution is 5.27. The fraction of sp³-hybridized carbons (Fsp3) is 0.571. The summed E-state index contributed by atoms with van der Waals surface area (Å²) in [4.78, 5) is 1.95. The number of nitrogens with two attached hydrogens (primary N) is 1. The van der Waals surface area contributed by atoms with Crippen LogP contribution in [-0.4, -0.2) is 24.5 Å². The summed E-state index contributed by atoms with van der Waals surface area (Å²) in [6, 6.07) is 3.32. The van der Waals surface area contributed by atoms with E-state index in [9.17, 15) is 17.6 Å². The van der Waals surface area contributed by atoms with Crippen LogP contribution in [0.3, 0.4) is 0 Å². The van der Waals surface area contributed by atoms with Gasteiger partial charge in [-0.25, -0.2) is 4.39 Å². The summed E-state index contributed by atoms with van der Waals surface area (Å²) in [5, 5.41) is 0. The minimum absolute atomic E-state index is 0.175. The van der Waals surface area contributed by atoms with Crippen molar-refractivity contribution in [2.45, 2.75) is 31.6 Å². The summed E-state index contributed by atoms with van der Waals surface area (Å²) in [5.74, 6) is -0.700. The molecule has 0 heterocycles. The topological polar surface area (TPSA) is 29.3 Å². The van der Waals surface area contributed by atoms with Crippen molar-refractivity contribution >= 4 is 0 Å². The van der Waals surface area contributed by atoms with E-state index in [-0.39, 0.29) is 6.04 Å². The highest BCUT2D eigenvalue weighted by atomic mass is 19.4. The van der Waals surface area contributed by atoms with E-state index < -0.39 is 17.6 Å². The molecule has 1 aromatic carbocycles. The lowest BCUT2D eigenvalue weighted by Gasteiger charge is -2.27. The lowest BCUT2D eigenvalue weighted by molar-refractivity contribution is -0.140. The maximum absolute atomic E-state index is 13.2. The Balaban J connectivity index is 2.13. The van der Waals surface area contributed by atoms with Gasteiger partial charge in [0.25, 0.3) is 0 Å². The molecule has 0 aromatic heterocycles. The Kier molecular flexibility index (Phi) is 4.34. The van der Waals surface area contributed by atoms with Crippen molar-refractivity contribution in [3.63, 3.8) is 0 Å². The summed E-state index contributed by atoms with van der Waals surface area (Å²) in [6.45, 7) is 0.816. The number of halogens is 4. The van der Waals surface area contributed by atoms with Crippen molar-refractivity contribution in [2.24, 2.45) is 11.7 Å². The van der Waals surface area contributed by atoms with Crippen molar-refractivity contribution in [1.82, 2.24) is 4.90 Å². The van der Waals surface area contributed by atoms with Gasteiger partial charge in [0.05, 0.1) is 5.56 Å². The Bertz CT molecular complexity index is 469. The van der Waals surface area contributed by atoms with Gasteiger partial charge in [-0.15, -0.1) is 0 Å². The van der Waals surface area contributed by atoms with Crippen LogP contribution in [0.4, 0.5) is 17.6 Å². The van der Waals surface area contributed by atoms with E-state index in [4.69, 9.17) is 5.73 Å². The molecule has 2 rings (SSSR count). The number of nitrogens with zero attached hydrogens (tertiary/aromatic N) is 1. The van der Waals surface area contributed by atoms with E-state index in [1.807, 2.05) is 11.9 Å². The van der Waals surface area contributed by atoms with E-state index >= 15 is 0 Å². The van der Waals surface area contributed by atoms with Gasteiger partial charge in [0.15, 0.2) is 0 Å². The molecule has 0 aliphatic heterocycles. The first-order valence-electron chi connectivity index (χ1n) is 6.59. The number of benzene rings is 1. The van der Waals surface area contributed by atoms with Crippen molar-refractivity contribution in [3.8, 4) is 0 Å². The molecular formula is C14H18F4N2. The second-order valence-corrected chi connectivity index (χ2v) is 5.37. The molecule has 1 atom stereocenters. The summed E-state index contributed by atoms with van der Waals surface area (Å²) < 4.78 is 51.2. The van der Waals surface area contributed by atoms with E-state index in [2.05, 4.69) is 0 Å². The van der Waals surface area contributed by atoms with Crippen LogP contribution in [0.25, 0.3) is 0 Å². The van der Waals surface area contributed by atoms with Crippen molar-refractivity contribution < 1.29 is 17.6 Å². The van der Waals surface area contributed by atoms with Crippen molar-refractivity contribution in [1.29, 1.82) is 0 Å². The third-order valence-corrected chi connectivity index (χ3v) is 3.74. The largest absolute Gasteiger partial charge is 0.419 e. The molecule has 0 spiro atoms. The molecule has 20 heavy (non-hydrogen) atoms. The third-order valence-electron chi connectivity index (χ3n) is 3.74. The molecule has 0 radical (unpaired) electrons. The molecule has 1 fully saturated rings. The van der Waals surface area contributed by atoms with Gasteiger partial charge >= 0.3 is 6.18 Å². The highest BCUT2D eigenvalue weighted by Gasteiger charge is 2.35. The predicted octanol–water partition coefficient (Wildman–Crippen LogP) is 3.01. The quantitative estimate of drug-likeness (QED) is 0.845. The van der Waals surface area contributed by atoms with Crippen LogP contribution in [0.2, 0.25) is 0 Å². The van der Waals surface area contributed by atoms with E-state index in [1.54, 1.807) is 0 Å². The summed E-state index contributed by atoms with van der Waals surface area (Å²) >= 11 is 0. The molecule has 2 N–H and O–H groups in total. The predicted molar refractivity (Wildman–Crippen MR) is 68.4 cm³/mol. The zero-order valence-electron chi connectivity index (χ0n) is 11.3. The fourth-order valence-corrected chi connectivity index (χ4v) is 2.51. The van der Waals surface area contributed by atoms with Crippen molar-refractivity contribution in [3.05, 3.63) is 35.1 Å². The average molecular weight is 290 g/mol. The molecule has 1 saturated carbocycles. The van der Waals surface area contributed by atoms with Crippen LogP contribution in [0.1, 0.15) is 24.0 Å². The van der Waals surface area contributed by atoms with Gasteiger partial charge in [-0.1, -0.05) is 6.07 Å². The normalized spacial score (nSPS) is 17.6. The number of alkyl halides is 3. The molecule has 0 amide bonds. The monoisotopic (exact) mass is 290 g/mol. The summed E-state index contributed by atoms with van der Waals surface area (Å²) in [6.07, 6.45) is -2.44. The van der Waals surface area contributed by atoms with Gasteiger partial charge in [0.2, 0.25) is 0 Å². The summed E-state index contributed by atoms with van der Waals surface area (Å²) in [7, 11) is 1.84. The summed E-state index contributed by atoms with van der Waals surface area (Å²) in [5.41, 5.74) is 4.95. The van der Waals surface area contributed by atoms with Gasteiger partial charge < -0.3 is 5.73 Å². The van der Waals surface area contributed by atoms with Crippen LogP contribution in [-0.2, 0) is 12.7 Å². The second-order valence-electron chi connectivity index (χ2n) is 5.37. The maximum atomic E-state index is 13.2. The third kappa shape index (κ3) is 3.49. The molecule has 0 saturated heterocycles. The molecule has 112 valence electrons. The molecule has 0 bridgehead atoms. The van der Waals surface area contributed by atoms with Crippen LogP contribution < -0.4 is 5.73 Å². The molecular weight excluding hydrogens is 272 g/mol. The van der Waals surface area contributed by atoms with Gasteiger partial charge in [-0.3, -0.25) is 4.90 Å². The first-order valence-corrected chi connectivity index (χ1v) is 6.59. The van der Waals surface area contributed by atoms with E-state index in [0.29, 0.717) is 24.6 Å². The molecule has 6 heteroatoms. The standard InChI is InChI=1S/C14H18F4N2/c1-20(13(7-19)10-3-4-10)8-9-2-5-12(15)11(6-9)14(16,17)18/h2,5-6,10,13H,3-4,7-8,19H2,1H3. The van der Waals surface area contributed by atoms with Gasteiger partial charge in [-0.2, -0.15) is 13.2 Å². The molecule has 2 nitrogen and oxygen atoms in total. The van der Waals surface area contributed by atoms with Crippen LogP contribution in [0, 0.1) is 11.7 Å². The van der Waals surface area contributed by atoms with Crippen LogP contribution >= 0.6 is 0 Å². The Labute approximate surface area is 115 Å². The van der Waals surface area contributed by atoms with Crippen LogP contribution in [0.5, 0.6) is 0 Å².